The summed E-state index contributed by atoms with van der Waals surface area (Å²) in [4.78, 5) is 23.0. The van der Waals surface area contributed by atoms with Gasteiger partial charge in [0.25, 0.3) is 0 Å². The Morgan fingerprint density at radius 2 is 2.10 bits per heavy atom. The number of amides is 1. The second-order valence-electron chi connectivity index (χ2n) is 4.07. The Balaban J connectivity index is 0.00000361. The number of carbonyl (C=O) groups is 2. The predicted octanol–water partition coefficient (Wildman–Crippen LogP) is 2.10. The minimum atomic E-state index is -0.703. The number of rotatable bonds is 5. The van der Waals surface area contributed by atoms with Gasteiger partial charge >= 0.3 is 5.97 Å². The average molecular weight is 305 g/mol. The summed E-state index contributed by atoms with van der Waals surface area (Å²) in [7, 11) is 1.22. The molecule has 0 bridgehead atoms. The van der Waals surface area contributed by atoms with Gasteiger partial charge in [-0.2, -0.15) is 0 Å². The molecule has 3 N–H and O–H groups in total. The van der Waals surface area contributed by atoms with Gasteiger partial charge in [0.15, 0.2) is 0 Å². The molecule has 5 nitrogen and oxygen atoms in total. The molecule has 0 aliphatic carbocycles. The second-order valence-corrected chi connectivity index (χ2v) is 4.07. The molecule has 0 spiro atoms. The molecular formula is C13H18ClFN2O3. The number of carbonyl (C=O) groups excluding carboxylic acids is 2. The van der Waals surface area contributed by atoms with Crippen molar-refractivity contribution in [2.75, 3.05) is 12.4 Å². The van der Waals surface area contributed by atoms with Crippen LogP contribution in [0.1, 0.15) is 30.1 Å². The summed E-state index contributed by atoms with van der Waals surface area (Å²) in [6.07, 6.45) is 1.25. The average Bonchev–Trinajstić information content (AvgIpc) is 2.40. The summed E-state index contributed by atoms with van der Waals surface area (Å²) in [5.41, 5.74) is 5.70. The number of hydrogen-bond donors (Lipinski definition) is 2. The zero-order valence-corrected chi connectivity index (χ0v) is 12.1. The van der Waals surface area contributed by atoms with E-state index in [1.807, 2.05) is 6.92 Å². The third kappa shape index (κ3) is 4.79. The monoisotopic (exact) mass is 304 g/mol. The number of halogens is 2. The molecule has 1 unspecified atom stereocenters. The highest BCUT2D eigenvalue weighted by Crippen LogP contribution is 2.17. The lowest BCUT2D eigenvalue weighted by Crippen LogP contribution is -2.35. The highest BCUT2D eigenvalue weighted by atomic mass is 35.5. The van der Waals surface area contributed by atoms with E-state index >= 15 is 0 Å². The van der Waals surface area contributed by atoms with Gasteiger partial charge in [0, 0.05) is 0 Å². The maximum atomic E-state index is 13.5. The number of nitrogens with one attached hydrogen (secondary N) is 1. The fourth-order valence-electron chi connectivity index (χ4n) is 1.53. The van der Waals surface area contributed by atoms with Crippen LogP contribution in [0.5, 0.6) is 0 Å². The highest BCUT2D eigenvalue weighted by molar-refractivity contribution is 5.96. The molecule has 0 heterocycles. The fourth-order valence-corrected chi connectivity index (χ4v) is 1.53. The normalized spacial score (nSPS) is 11.2. The van der Waals surface area contributed by atoms with Crippen LogP contribution in [-0.4, -0.2) is 25.0 Å². The van der Waals surface area contributed by atoms with Gasteiger partial charge in [-0.25, -0.2) is 9.18 Å². The molecule has 1 atom stereocenters. The van der Waals surface area contributed by atoms with Crippen molar-refractivity contribution in [3.63, 3.8) is 0 Å². The minimum Gasteiger partial charge on any atom is -0.465 e. The third-order valence-electron chi connectivity index (χ3n) is 2.58. The van der Waals surface area contributed by atoms with Crippen molar-refractivity contribution < 1.29 is 18.7 Å². The van der Waals surface area contributed by atoms with E-state index in [1.165, 1.54) is 19.2 Å². The molecule has 0 aliphatic heterocycles. The van der Waals surface area contributed by atoms with Crippen molar-refractivity contribution in [3.05, 3.63) is 29.6 Å². The van der Waals surface area contributed by atoms with Gasteiger partial charge in [0.2, 0.25) is 5.91 Å². The largest absolute Gasteiger partial charge is 0.465 e. The van der Waals surface area contributed by atoms with Gasteiger partial charge in [0.1, 0.15) is 5.82 Å². The molecular weight excluding hydrogens is 287 g/mol. The zero-order valence-electron chi connectivity index (χ0n) is 11.3. The van der Waals surface area contributed by atoms with E-state index in [-0.39, 0.29) is 23.7 Å². The molecule has 0 aromatic heterocycles. The van der Waals surface area contributed by atoms with E-state index in [2.05, 4.69) is 10.1 Å². The summed E-state index contributed by atoms with van der Waals surface area (Å²) in [5.74, 6) is -1.72. The summed E-state index contributed by atoms with van der Waals surface area (Å²) in [6.45, 7) is 1.89. The molecule has 0 saturated carbocycles. The van der Waals surface area contributed by atoms with E-state index in [9.17, 15) is 14.0 Å². The van der Waals surface area contributed by atoms with E-state index in [0.717, 1.165) is 12.5 Å². The van der Waals surface area contributed by atoms with Crippen LogP contribution < -0.4 is 11.1 Å². The van der Waals surface area contributed by atoms with Crippen molar-refractivity contribution in [2.24, 2.45) is 5.73 Å². The maximum Gasteiger partial charge on any atom is 0.337 e. The van der Waals surface area contributed by atoms with Crippen LogP contribution in [0.4, 0.5) is 10.1 Å². The third-order valence-corrected chi connectivity index (χ3v) is 2.58. The molecule has 1 rings (SSSR count). The van der Waals surface area contributed by atoms with Gasteiger partial charge in [0.05, 0.1) is 24.4 Å². The van der Waals surface area contributed by atoms with Crippen molar-refractivity contribution in [2.45, 2.75) is 25.8 Å². The van der Waals surface area contributed by atoms with Gasteiger partial charge in [-0.3, -0.25) is 4.79 Å². The minimum absolute atomic E-state index is 0. The van der Waals surface area contributed by atoms with Crippen LogP contribution in [0, 0.1) is 5.82 Å². The molecule has 7 heteroatoms. The van der Waals surface area contributed by atoms with Crippen molar-refractivity contribution >= 4 is 30.0 Å². The van der Waals surface area contributed by atoms with Crippen LogP contribution in [0.2, 0.25) is 0 Å². The number of anilines is 1. The molecule has 20 heavy (non-hydrogen) atoms. The van der Waals surface area contributed by atoms with Gasteiger partial charge in [-0.05, 0) is 24.6 Å². The molecule has 0 radical (unpaired) electrons. The Hall–Kier alpha value is -1.66. The number of esters is 1. The lowest BCUT2D eigenvalue weighted by Gasteiger charge is -2.12. The molecule has 1 aromatic rings. The smallest absolute Gasteiger partial charge is 0.337 e. The van der Waals surface area contributed by atoms with Gasteiger partial charge in [-0.1, -0.05) is 13.3 Å². The standard InChI is InChI=1S/C13H17FN2O3.ClH/c1-3-4-10(15)12(17)16-11-7-8(13(18)19-2)5-6-9(11)14;/h5-7,10H,3-4,15H2,1-2H3,(H,16,17);1H. The first-order valence-electron chi connectivity index (χ1n) is 5.94. The summed E-state index contributed by atoms with van der Waals surface area (Å²) >= 11 is 0. The Bertz CT molecular complexity index is 483. The van der Waals surface area contributed by atoms with Gasteiger partial charge in [-0.15, -0.1) is 12.4 Å². The van der Waals surface area contributed by atoms with Crippen LogP contribution in [-0.2, 0) is 9.53 Å². The molecule has 1 aromatic carbocycles. The molecule has 0 aliphatic rings. The van der Waals surface area contributed by atoms with Crippen LogP contribution in [0.25, 0.3) is 0 Å². The zero-order chi connectivity index (χ0) is 14.4. The quantitative estimate of drug-likeness (QED) is 0.816. The number of hydrogen-bond acceptors (Lipinski definition) is 4. The van der Waals surface area contributed by atoms with Gasteiger partial charge < -0.3 is 15.8 Å². The topological polar surface area (TPSA) is 81.4 Å². The number of benzene rings is 1. The number of ether oxygens (including phenoxy) is 1. The Labute approximate surface area is 123 Å². The van der Waals surface area contributed by atoms with Crippen molar-refractivity contribution in [1.82, 2.24) is 0 Å². The Kier molecular flexibility index (Phi) is 7.79. The van der Waals surface area contributed by atoms with E-state index in [1.54, 1.807) is 0 Å². The van der Waals surface area contributed by atoms with Crippen molar-refractivity contribution in [3.8, 4) is 0 Å². The first-order valence-corrected chi connectivity index (χ1v) is 5.94. The van der Waals surface area contributed by atoms with Crippen molar-refractivity contribution in [1.29, 1.82) is 0 Å². The van der Waals surface area contributed by atoms with E-state index < -0.39 is 23.7 Å². The predicted molar refractivity (Wildman–Crippen MR) is 76.5 cm³/mol. The van der Waals surface area contributed by atoms with E-state index in [4.69, 9.17) is 5.73 Å². The molecule has 112 valence electrons. The SMILES string of the molecule is CCCC(N)C(=O)Nc1cc(C(=O)OC)ccc1F.Cl. The lowest BCUT2D eigenvalue weighted by atomic mass is 10.1. The second kappa shape index (κ2) is 8.50. The summed E-state index contributed by atoms with van der Waals surface area (Å²) in [5, 5.41) is 2.37. The molecule has 1 amide bonds. The van der Waals surface area contributed by atoms with Crippen LogP contribution in [0.3, 0.4) is 0 Å². The number of nitrogens with two attached hydrogens (primary N) is 1. The molecule has 0 fully saturated rings. The van der Waals surface area contributed by atoms with E-state index in [0.29, 0.717) is 6.42 Å². The first-order chi connectivity index (χ1) is 8.99. The van der Waals surface area contributed by atoms with Crippen LogP contribution in [0.15, 0.2) is 18.2 Å². The summed E-state index contributed by atoms with van der Waals surface area (Å²) in [6, 6.07) is 2.89. The highest BCUT2D eigenvalue weighted by Gasteiger charge is 2.16. The van der Waals surface area contributed by atoms with Crippen LogP contribution >= 0.6 is 12.4 Å². The fraction of sp³-hybridized carbons (Fsp3) is 0.385. The number of methoxy groups -OCH3 is 1. The Morgan fingerprint density at radius 3 is 2.65 bits per heavy atom. The molecule has 0 saturated heterocycles. The first kappa shape index (κ1) is 18.3. The lowest BCUT2D eigenvalue weighted by molar-refractivity contribution is -0.117. The Morgan fingerprint density at radius 1 is 1.45 bits per heavy atom. The summed E-state index contributed by atoms with van der Waals surface area (Å²) < 4.78 is 18.1. The maximum absolute atomic E-state index is 13.5.